The average Bonchev–Trinajstić information content (AvgIpc) is 2.78. The van der Waals surface area contributed by atoms with E-state index >= 15 is 0 Å². The molecule has 1 aliphatic carbocycles. The molecule has 5 nitrogen and oxygen atoms in total. The van der Waals surface area contributed by atoms with Crippen molar-refractivity contribution < 1.29 is 23.8 Å². The normalized spacial score (nSPS) is 23.6. The van der Waals surface area contributed by atoms with Crippen LogP contribution in [-0.2, 0) is 14.3 Å². The van der Waals surface area contributed by atoms with Crippen molar-refractivity contribution in [3.8, 4) is 5.75 Å². The van der Waals surface area contributed by atoms with Crippen LogP contribution in [0, 0.1) is 5.92 Å². The van der Waals surface area contributed by atoms with Crippen molar-refractivity contribution in [2.24, 2.45) is 5.92 Å². The summed E-state index contributed by atoms with van der Waals surface area (Å²) in [5.41, 5.74) is 1.96. The van der Waals surface area contributed by atoms with Crippen LogP contribution >= 0.6 is 0 Å². The van der Waals surface area contributed by atoms with Crippen molar-refractivity contribution in [1.29, 1.82) is 0 Å². The number of Topliss-reactive ketones (excluding diaryl/α,β-unsaturated/α-hetero) is 2. The second kappa shape index (κ2) is 8.62. The summed E-state index contributed by atoms with van der Waals surface area (Å²) in [6.45, 7) is 0.0440. The number of para-hydroxylation sites is 1. The number of hydrogen-bond acceptors (Lipinski definition) is 5. The number of hydrogen-bond donors (Lipinski definition) is 0. The van der Waals surface area contributed by atoms with Crippen molar-refractivity contribution in [3.05, 3.63) is 72.0 Å². The first-order valence-electron chi connectivity index (χ1n) is 9.90. The fourth-order valence-electron chi connectivity index (χ4n) is 4.07. The molecule has 0 spiro atoms. The van der Waals surface area contributed by atoms with Gasteiger partial charge in [0.05, 0.1) is 31.0 Å². The zero-order chi connectivity index (χ0) is 20.2. The molecule has 0 N–H and O–H groups in total. The third-order valence-corrected chi connectivity index (χ3v) is 5.65. The predicted octanol–water partition coefficient (Wildman–Crippen LogP) is 4.07. The molecular formula is C24H24O5. The summed E-state index contributed by atoms with van der Waals surface area (Å²) in [5, 5.41) is 0. The number of rotatable bonds is 6. The lowest BCUT2D eigenvalue weighted by atomic mass is 9.77. The van der Waals surface area contributed by atoms with E-state index in [4.69, 9.17) is 14.2 Å². The molecule has 2 aromatic rings. The molecule has 150 valence electrons. The van der Waals surface area contributed by atoms with E-state index in [1.54, 1.807) is 25.5 Å². The molecule has 29 heavy (non-hydrogen) atoms. The molecule has 2 aromatic carbocycles. The zero-order valence-electron chi connectivity index (χ0n) is 16.4. The summed E-state index contributed by atoms with van der Waals surface area (Å²) in [7, 11) is 1.59. The van der Waals surface area contributed by atoms with Crippen LogP contribution in [0.25, 0.3) is 5.57 Å². The van der Waals surface area contributed by atoms with Gasteiger partial charge in [0.2, 0.25) is 0 Å². The summed E-state index contributed by atoms with van der Waals surface area (Å²) < 4.78 is 17.2. The van der Waals surface area contributed by atoms with Gasteiger partial charge in [0.25, 0.3) is 0 Å². The first kappa shape index (κ1) is 19.4. The number of benzene rings is 2. The minimum atomic E-state index is -0.216. The highest BCUT2D eigenvalue weighted by Crippen LogP contribution is 2.39. The number of carbonyl (C=O) groups excluding carboxylic acids is 2. The lowest BCUT2D eigenvalue weighted by Gasteiger charge is -2.37. The number of methoxy groups -OCH3 is 1. The molecule has 1 heterocycles. The lowest BCUT2D eigenvalue weighted by molar-refractivity contribution is -0.127. The molecule has 0 radical (unpaired) electrons. The molecule has 0 bridgehead atoms. The SMILES string of the molecule is COc1ccccc1C1=COC2CC(OCC(=O)c3ccccc3)CCC2C1=O. The largest absolute Gasteiger partial charge is 0.496 e. The fourth-order valence-corrected chi connectivity index (χ4v) is 4.07. The summed E-state index contributed by atoms with van der Waals surface area (Å²) >= 11 is 0. The maximum atomic E-state index is 13.1. The van der Waals surface area contributed by atoms with E-state index in [2.05, 4.69) is 0 Å². The van der Waals surface area contributed by atoms with Gasteiger partial charge < -0.3 is 14.2 Å². The van der Waals surface area contributed by atoms with Crippen molar-refractivity contribution >= 4 is 17.1 Å². The quantitative estimate of drug-likeness (QED) is 0.694. The second-order valence-corrected chi connectivity index (χ2v) is 7.41. The van der Waals surface area contributed by atoms with E-state index in [0.29, 0.717) is 29.7 Å². The van der Waals surface area contributed by atoms with Gasteiger partial charge in [-0.25, -0.2) is 0 Å². The Morgan fingerprint density at radius 3 is 2.62 bits per heavy atom. The van der Waals surface area contributed by atoms with E-state index in [0.717, 1.165) is 12.0 Å². The molecule has 0 aromatic heterocycles. The molecular weight excluding hydrogens is 368 g/mol. The van der Waals surface area contributed by atoms with Gasteiger partial charge in [-0.2, -0.15) is 0 Å². The number of ether oxygens (including phenoxy) is 3. The molecule has 2 aliphatic rings. The number of fused-ring (bicyclic) bond motifs is 1. The molecule has 0 saturated heterocycles. The minimum absolute atomic E-state index is 0.0354. The molecule has 1 saturated carbocycles. The van der Waals surface area contributed by atoms with Gasteiger partial charge in [-0.1, -0.05) is 48.5 Å². The van der Waals surface area contributed by atoms with Gasteiger partial charge in [-0.3, -0.25) is 9.59 Å². The standard InChI is InChI=1S/C24H24O5/c1-27-22-10-6-5-9-18(22)20-14-29-23-13-17(11-12-19(23)24(20)26)28-15-21(25)16-7-3-2-4-8-16/h2-10,14,17,19,23H,11-13,15H2,1H3. The molecule has 3 unspecified atom stereocenters. The van der Waals surface area contributed by atoms with E-state index in [1.807, 2.05) is 42.5 Å². The molecule has 1 fully saturated rings. The molecule has 4 rings (SSSR count). The summed E-state index contributed by atoms with van der Waals surface area (Å²) in [6.07, 6.45) is 3.27. The number of carbonyl (C=O) groups is 2. The third kappa shape index (κ3) is 4.10. The van der Waals surface area contributed by atoms with Crippen LogP contribution in [0.15, 0.2) is 60.9 Å². The molecule has 1 aliphatic heterocycles. The first-order valence-corrected chi connectivity index (χ1v) is 9.90. The van der Waals surface area contributed by atoms with Crippen LogP contribution in [-0.4, -0.2) is 37.5 Å². The maximum Gasteiger partial charge on any atom is 0.188 e. The monoisotopic (exact) mass is 392 g/mol. The van der Waals surface area contributed by atoms with Crippen molar-refractivity contribution in [1.82, 2.24) is 0 Å². The van der Waals surface area contributed by atoms with Crippen LogP contribution in [0.3, 0.4) is 0 Å². The van der Waals surface area contributed by atoms with Crippen molar-refractivity contribution in [2.75, 3.05) is 13.7 Å². The van der Waals surface area contributed by atoms with Crippen molar-refractivity contribution in [3.63, 3.8) is 0 Å². The predicted molar refractivity (Wildman–Crippen MR) is 109 cm³/mol. The Bertz CT molecular complexity index is 918. The Balaban J connectivity index is 1.39. The Morgan fingerprint density at radius 2 is 1.83 bits per heavy atom. The number of allylic oxidation sites excluding steroid dienone is 1. The second-order valence-electron chi connectivity index (χ2n) is 7.41. The van der Waals surface area contributed by atoms with Gasteiger partial charge in [0.1, 0.15) is 18.5 Å². The van der Waals surface area contributed by atoms with Gasteiger partial charge in [0.15, 0.2) is 11.6 Å². The van der Waals surface area contributed by atoms with E-state index in [9.17, 15) is 9.59 Å². The Kier molecular flexibility index (Phi) is 5.76. The Morgan fingerprint density at radius 1 is 1.07 bits per heavy atom. The zero-order valence-corrected chi connectivity index (χ0v) is 16.4. The Hall–Kier alpha value is -2.92. The highest BCUT2D eigenvalue weighted by molar-refractivity contribution is 6.22. The van der Waals surface area contributed by atoms with Gasteiger partial charge in [0, 0.05) is 17.5 Å². The smallest absolute Gasteiger partial charge is 0.188 e. The highest BCUT2D eigenvalue weighted by atomic mass is 16.5. The van der Waals surface area contributed by atoms with E-state index in [1.165, 1.54) is 0 Å². The summed E-state index contributed by atoms with van der Waals surface area (Å²) in [6, 6.07) is 16.6. The van der Waals surface area contributed by atoms with Crippen molar-refractivity contribution in [2.45, 2.75) is 31.5 Å². The van der Waals surface area contributed by atoms with Gasteiger partial charge in [-0.05, 0) is 18.9 Å². The molecule has 3 atom stereocenters. The lowest BCUT2D eigenvalue weighted by Crippen LogP contribution is -2.41. The maximum absolute atomic E-state index is 13.1. The average molecular weight is 392 g/mol. The molecule has 5 heteroatoms. The molecule has 0 amide bonds. The van der Waals surface area contributed by atoms with E-state index < -0.39 is 0 Å². The fraction of sp³-hybridized carbons (Fsp3) is 0.333. The number of ketones is 2. The minimum Gasteiger partial charge on any atom is -0.496 e. The van der Waals surface area contributed by atoms with Crippen LogP contribution in [0.4, 0.5) is 0 Å². The summed E-state index contributed by atoms with van der Waals surface area (Å²) in [4.78, 5) is 25.3. The third-order valence-electron chi connectivity index (χ3n) is 5.65. The highest BCUT2D eigenvalue weighted by Gasteiger charge is 2.41. The van der Waals surface area contributed by atoms with Crippen LogP contribution in [0.2, 0.25) is 0 Å². The summed E-state index contributed by atoms with van der Waals surface area (Å²) in [5.74, 6) is 0.520. The van der Waals surface area contributed by atoms with Crippen LogP contribution in [0.1, 0.15) is 35.2 Å². The van der Waals surface area contributed by atoms with Crippen LogP contribution < -0.4 is 4.74 Å². The van der Waals surface area contributed by atoms with E-state index in [-0.39, 0.29) is 36.3 Å². The first-order chi connectivity index (χ1) is 14.2. The van der Waals surface area contributed by atoms with Gasteiger partial charge >= 0.3 is 0 Å². The van der Waals surface area contributed by atoms with Gasteiger partial charge in [-0.15, -0.1) is 0 Å². The Labute approximate surface area is 170 Å². The van der Waals surface area contributed by atoms with Crippen LogP contribution in [0.5, 0.6) is 5.75 Å². The topological polar surface area (TPSA) is 61.8 Å².